The van der Waals surface area contributed by atoms with Crippen LogP contribution in [0, 0.1) is 5.92 Å². The summed E-state index contributed by atoms with van der Waals surface area (Å²) in [6.07, 6.45) is 2.53. The molecule has 4 heteroatoms. The first-order chi connectivity index (χ1) is 6.77. The van der Waals surface area contributed by atoms with E-state index in [-0.39, 0.29) is 17.9 Å². The van der Waals surface area contributed by atoms with Gasteiger partial charge in [0.25, 0.3) is 0 Å². The van der Waals surface area contributed by atoms with Gasteiger partial charge >= 0.3 is 0 Å². The number of aliphatic hydroxyl groups is 1. The quantitative estimate of drug-likeness (QED) is 0.601. The predicted molar refractivity (Wildman–Crippen MR) is 52.8 cm³/mol. The van der Waals surface area contributed by atoms with E-state index in [0.29, 0.717) is 6.54 Å². The van der Waals surface area contributed by atoms with E-state index in [1.54, 1.807) is 0 Å². The van der Waals surface area contributed by atoms with E-state index in [1.807, 2.05) is 4.90 Å². The van der Waals surface area contributed by atoms with E-state index < -0.39 is 0 Å². The summed E-state index contributed by atoms with van der Waals surface area (Å²) >= 11 is 0. The van der Waals surface area contributed by atoms with Crippen LogP contribution in [0.5, 0.6) is 0 Å². The molecule has 0 aliphatic carbocycles. The molecule has 4 nitrogen and oxygen atoms in total. The van der Waals surface area contributed by atoms with Crippen LogP contribution in [0.4, 0.5) is 0 Å². The number of likely N-dealkylation sites (tertiary alicyclic amines) is 1. The van der Waals surface area contributed by atoms with Crippen LogP contribution in [0.25, 0.3) is 0 Å². The van der Waals surface area contributed by atoms with Crippen LogP contribution < -0.4 is 5.32 Å². The van der Waals surface area contributed by atoms with Gasteiger partial charge in [0.2, 0.25) is 5.91 Å². The van der Waals surface area contributed by atoms with Crippen molar-refractivity contribution in [3.05, 3.63) is 0 Å². The van der Waals surface area contributed by atoms with Crippen LogP contribution in [0.1, 0.15) is 19.3 Å². The Balaban J connectivity index is 1.87. The summed E-state index contributed by atoms with van der Waals surface area (Å²) in [7, 11) is 0. The molecule has 0 saturated carbocycles. The number of nitrogens with zero attached hydrogens (tertiary/aromatic N) is 1. The molecule has 2 aliphatic heterocycles. The van der Waals surface area contributed by atoms with Crippen molar-refractivity contribution in [1.82, 2.24) is 10.2 Å². The number of carbonyl (C=O) groups is 1. The summed E-state index contributed by atoms with van der Waals surface area (Å²) in [5.74, 6) is 0.378. The number of hydrogen-bond donors (Lipinski definition) is 2. The lowest BCUT2D eigenvalue weighted by Gasteiger charge is -2.26. The van der Waals surface area contributed by atoms with Crippen molar-refractivity contribution in [1.29, 1.82) is 0 Å². The van der Waals surface area contributed by atoms with Crippen molar-refractivity contribution in [2.75, 3.05) is 26.2 Å². The number of β-amino-alcohol motifs (C(OH)–C–C–N with tert-alkyl or cyclic N) is 1. The summed E-state index contributed by atoms with van der Waals surface area (Å²) in [5.41, 5.74) is 0. The van der Waals surface area contributed by atoms with E-state index >= 15 is 0 Å². The third-order valence-electron chi connectivity index (χ3n) is 3.12. The van der Waals surface area contributed by atoms with Crippen LogP contribution in [0.15, 0.2) is 0 Å². The Bertz CT molecular complexity index is 207. The third kappa shape index (κ3) is 2.07. The Kier molecular flexibility index (Phi) is 3.03. The van der Waals surface area contributed by atoms with Gasteiger partial charge in [-0.3, -0.25) is 4.79 Å². The Morgan fingerprint density at radius 2 is 2.29 bits per heavy atom. The van der Waals surface area contributed by atoms with Crippen LogP contribution >= 0.6 is 0 Å². The highest BCUT2D eigenvalue weighted by Gasteiger charge is 2.30. The first-order valence-corrected chi connectivity index (χ1v) is 5.45. The van der Waals surface area contributed by atoms with Crippen molar-refractivity contribution in [3.8, 4) is 0 Å². The molecule has 2 heterocycles. The summed E-state index contributed by atoms with van der Waals surface area (Å²) in [6, 6.07) is 0. The average Bonchev–Trinajstić information content (AvgIpc) is 2.65. The van der Waals surface area contributed by atoms with E-state index in [9.17, 15) is 9.90 Å². The number of carbonyl (C=O) groups excluding carboxylic acids is 1. The largest absolute Gasteiger partial charge is 0.391 e. The normalized spacial score (nSPS) is 33.4. The summed E-state index contributed by atoms with van der Waals surface area (Å²) in [4.78, 5) is 13.7. The van der Waals surface area contributed by atoms with Crippen LogP contribution in [-0.4, -0.2) is 48.2 Å². The van der Waals surface area contributed by atoms with Gasteiger partial charge in [0.05, 0.1) is 12.0 Å². The highest BCUT2D eigenvalue weighted by atomic mass is 16.3. The number of nitrogens with one attached hydrogen (secondary N) is 1. The molecule has 2 N–H and O–H groups in total. The Morgan fingerprint density at radius 3 is 2.86 bits per heavy atom. The molecule has 0 aromatic rings. The molecule has 2 atom stereocenters. The van der Waals surface area contributed by atoms with Crippen molar-refractivity contribution < 1.29 is 9.90 Å². The molecule has 0 radical (unpaired) electrons. The van der Waals surface area contributed by atoms with Gasteiger partial charge in [-0.05, 0) is 25.8 Å². The second kappa shape index (κ2) is 4.28. The maximum atomic E-state index is 11.9. The van der Waals surface area contributed by atoms with Crippen molar-refractivity contribution in [3.63, 3.8) is 0 Å². The van der Waals surface area contributed by atoms with Gasteiger partial charge in [-0.2, -0.15) is 0 Å². The maximum Gasteiger partial charge on any atom is 0.227 e. The number of rotatable bonds is 1. The molecule has 14 heavy (non-hydrogen) atoms. The van der Waals surface area contributed by atoms with E-state index in [4.69, 9.17) is 0 Å². The highest BCUT2D eigenvalue weighted by Crippen LogP contribution is 2.17. The third-order valence-corrected chi connectivity index (χ3v) is 3.12. The lowest BCUT2D eigenvalue weighted by Crippen LogP contribution is -2.42. The van der Waals surface area contributed by atoms with Crippen LogP contribution in [0.2, 0.25) is 0 Å². The Hall–Kier alpha value is -0.610. The van der Waals surface area contributed by atoms with E-state index in [0.717, 1.165) is 38.9 Å². The van der Waals surface area contributed by atoms with E-state index in [1.165, 1.54) is 0 Å². The van der Waals surface area contributed by atoms with Gasteiger partial charge in [-0.15, -0.1) is 0 Å². The number of hydrogen-bond acceptors (Lipinski definition) is 3. The van der Waals surface area contributed by atoms with Crippen molar-refractivity contribution in [2.45, 2.75) is 25.4 Å². The topological polar surface area (TPSA) is 52.6 Å². The fraction of sp³-hybridized carbons (Fsp3) is 0.900. The average molecular weight is 198 g/mol. The molecular formula is C10H18N2O2. The minimum Gasteiger partial charge on any atom is -0.391 e. The fourth-order valence-electron chi connectivity index (χ4n) is 2.26. The zero-order valence-electron chi connectivity index (χ0n) is 8.41. The second-order valence-corrected chi connectivity index (χ2v) is 4.27. The summed E-state index contributed by atoms with van der Waals surface area (Å²) in [6.45, 7) is 3.11. The standard InChI is InChI=1S/C10H18N2O2/c13-9-3-5-12(7-9)10(14)8-2-1-4-11-6-8/h8-9,11,13H,1-7H2. The molecule has 80 valence electrons. The van der Waals surface area contributed by atoms with Crippen LogP contribution in [0.3, 0.4) is 0 Å². The lowest BCUT2D eigenvalue weighted by molar-refractivity contribution is -0.135. The van der Waals surface area contributed by atoms with Crippen molar-refractivity contribution >= 4 is 5.91 Å². The first-order valence-electron chi connectivity index (χ1n) is 5.45. The van der Waals surface area contributed by atoms with Crippen LogP contribution in [-0.2, 0) is 4.79 Å². The molecule has 0 aromatic carbocycles. The molecule has 2 rings (SSSR count). The lowest BCUT2D eigenvalue weighted by atomic mass is 9.98. The summed E-state index contributed by atoms with van der Waals surface area (Å²) < 4.78 is 0. The molecule has 2 fully saturated rings. The molecular weight excluding hydrogens is 180 g/mol. The zero-order valence-corrected chi connectivity index (χ0v) is 8.41. The zero-order chi connectivity index (χ0) is 9.97. The van der Waals surface area contributed by atoms with Crippen molar-refractivity contribution in [2.24, 2.45) is 5.92 Å². The fourth-order valence-corrected chi connectivity index (χ4v) is 2.26. The molecule has 2 unspecified atom stereocenters. The van der Waals surface area contributed by atoms with Gasteiger partial charge in [0, 0.05) is 19.6 Å². The first kappa shape index (κ1) is 9.93. The molecule has 0 aromatic heterocycles. The SMILES string of the molecule is O=C(C1CCCNC1)N1CCC(O)C1. The molecule has 1 amide bonds. The Morgan fingerprint density at radius 1 is 1.43 bits per heavy atom. The highest BCUT2D eigenvalue weighted by molar-refractivity contribution is 5.79. The van der Waals surface area contributed by atoms with Gasteiger partial charge in [0.1, 0.15) is 0 Å². The minimum atomic E-state index is -0.296. The van der Waals surface area contributed by atoms with Gasteiger partial charge < -0.3 is 15.3 Å². The smallest absolute Gasteiger partial charge is 0.227 e. The predicted octanol–water partition coefficient (Wildman–Crippen LogP) is -0.421. The molecule has 2 saturated heterocycles. The monoisotopic (exact) mass is 198 g/mol. The second-order valence-electron chi connectivity index (χ2n) is 4.27. The van der Waals surface area contributed by atoms with Gasteiger partial charge in [0.15, 0.2) is 0 Å². The number of aliphatic hydroxyl groups excluding tert-OH is 1. The van der Waals surface area contributed by atoms with Gasteiger partial charge in [-0.25, -0.2) is 0 Å². The van der Waals surface area contributed by atoms with Gasteiger partial charge in [-0.1, -0.05) is 0 Å². The number of amides is 1. The molecule has 2 aliphatic rings. The van der Waals surface area contributed by atoms with E-state index in [2.05, 4.69) is 5.32 Å². The maximum absolute atomic E-state index is 11.9. The minimum absolute atomic E-state index is 0.147. The number of piperidine rings is 1. The molecule has 0 bridgehead atoms. The Labute approximate surface area is 84.3 Å². The molecule has 0 spiro atoms. The summed E-state index contributed by atoms with van der Waals surface area (Å²) in [5, 5.41) is 12.6.